The third kappa shape index (κ3) is 12.6. The predicted octanol–water partition coefficient (Wildman–Crippen LogP) is 0.985. The number of carboxylic acids is 1. The summed E-state index contributed by atoms with van der Waals surface area (Å²) in [5, 5.41) is 26.6. The number of amides is 6. The van der Waals surface area contributed by atoms with Crippen molar-refractivity contribution in [3.8, 4) is 0 Å². The lowest BCUT2D eigenvalue weighted by Crippen LogP contribution is -2.62. The van der Waals surface area contributed by atoms with E-state index in [9.17, 15) is 38.7 Å². The van der Waals surface area contributed by atoms with Crippen molar-refractivity contribution in [2.45, 2.75) is 123 Å². The highest BCUT2D eigenvalue weighted by Gasteiger charge is 2.37. The number of para-hydroxylation sites is 1. The number of nitrogens with one attached hydrogen (secondary N) is 7. The molecule has 0 spiro atoms. The zero-order valence-corrected chi connectivity index (χ0v) is 32.1. The van der Waals surface area contributed by atoms with Crippen LogP contribution in [-0.4, -0.2) is 94.3 Å². The van der Waals surface area contributed by atoms with Crippen LogP contribution in [0.1, 0.15) is 85.6 Å². The van der Waals surface area contributed by atoms with E-state index in [0.29, 0.717) is 12.0 Å². The predicted molar refractivity (Wildman–Crippen MR) is 202 cm³/mol. The van der Waals surface area contributed by atoms with Crippen LogP contribution in [0.25, 0.3) is 10.9 Å². The number of hydrogen-bond acceptors (Lipinski definition) is 8. The van der Waals surface area contributed by atoms with Gasteiger partial charge in [0.15, 0.2) is 0 Å². The van der Waals surface area contributed by atoms with Gasteiger partial charge in [-0.15, -0.1) is 0 Å². The molecule has 54 heavy (non-hydrogen) atoms. The first-order valence-corrected chi connectivity index (χ1v) is 18.8. The molecule has 1 unspecified atom stereocenters. The molecular weight excluding hydrogens is 696 g/mol. The Balaban J connectivity index is 2.15. The van der Waals surface area contributed by atoms with Crippen LogP contribution in [0, 0.1) is 17.8 Å². The van der Waals surface area contributed by atoms with Gasteiger partial charge in [-0.05, 0) is 61.6 Å². The van der Waals surface area contributed by atoms with Gasteiger partial charge in [0, 0.05) is 23.5 Å². The highest BCUT2D eigenvalue weighted by Crippen LogP contribution is 2.20. The molecule has 1 fully saturated rings. The molecule has 6 amide bonds. The summed E-state index contributed by atoms with van der Waals surface area (Å²) in [6.45, 7) is 11.2. The quantitative estimate of drug-likeness (QED) is 0.141. The fourth-order valence-corrected chi connectivity index (χ4v) is 6.42. The number of aromatic amines is 1. The number of hydrogen-bond donors (Lipinski definition) is 9. The summed E-state index contributed by atoms with van der Waals surface area (Å²) in [5.41, 5.74) is 7.26. The van der Waals surface area contributed by atoms with Crippen LogP contribution in [-0.2, 0) is 40.0 Å². The third-order valence-electron chi connectivity index (χ3n) is 9.55. The molecule has 16 nitrogen and oxygen atoms in total. The van der Waals surface area contributed by atoms with Gasteiger partial charge < -0.3 is 47.7 Å². The average molecular weight is 755 g/mol. The minimum atomic E-state index is -1.63. The van der Waals surface area contributed by atoms with Crippen LogP contribution in [0.15, 0.2) is 30.5 Å². The Morgan fingerprint density at radius 1 is 0.704 bits per heavy atom. The van der Waals surface area contributed by atoms with Crippen molar-refractivity contribution in [2.75, 3.05) is 6.54 Å². The van der Waals surface area contributed by atoms with Crippen molar-refractivity contribution >= 4 is 52.3 Å². The summed E-state index contributed by atoms with van der Waals surface area (Å²) in [4.78, 5) is 98.6. The maximum atomic E-state index is 14.2. The van der Waals surface area contributed by atoms with Gasteiger partial charge in [0.05, 0.1) is 6.42 Å². The molecule has 0 saturated carbocycles. The van der Waals surface area contributed by atoms with Gasteiger partial charge in [-0.1, -0.05) is 66.2 Å². The zero-order valence-electron chi connectivity index (χ0n) is 32.1. The standard InChI is InChI=1S/C38H58N8O8/c1-7-22(6)32-38(54)45-30(18-31(47)48)36(52)41-26(13-10-14-39)33(49)44-29(17-23-19-40-25-12-9-8-11-24(23)25)35(51)42-27(15-20(2)3)34(50)43-28(16-21(4)5)37(53)46-32/h8-9,11-12,19-22,26-30,32,40H,7,10,13-18,39H2,1-6H3,(H,41,52)(H,42,51)(H,43,50)(H,44,49)(H,45,54)(H,46,53)(H,47,48)/t22?,26-,27+,28-,29+,30+,32+/m1/s1. The SMILES string of the molecule is CCC(C)[C@@H]1NC(=O)[C@@H](CC(C)C)NC(=O)[C@H](CC(C)C)NC(=O)[C@H](Cc2c[nH]c3ccccc23)NC(=O)[C@@H](CCCN)NC(=O)[C@H](CC(=O)O)NC1=O. The Bertz CT molecular complexity index is 1640. The molecule has 1 aromatic carbocycles. The zero-order chi connectivity index (χ0) is 40.1. The molecule has 1 aromatic heterocycles. The first-order valence-electron chi connectivity index (χ1n) is 18.8. The molecule has 0 aliphatic carbocycles. The normalized spacial score (nSPS) is 24.5. The molecule has 1 aliphatic rings. The second-order valence-corrected chi connectivity index (χ2v) is 15.0. The number of aromatic nitrogens is 1. The van der Waals surface area contributed by atoms with Crippen molar-refractivity contribution < 1.29 is 38.7 Å². The van der Waals surface area contributed by atoms with Gasteiger partial charge in [0.1, 0.15) is 36.3 Å². The summed E-state index contributed by atoms with van der Waals surface area (Å²) in [5.74, 6) is -6.43. The number of nitrogens with two attached hydrogens (primary N) is 1. The van der Waals surface area contributed by atoms with E-state index in [1.807, 2.05) is 52.0 Å². The Hall–Kier alpha value is -4.99. The van der Waals surface area contributed by atoms with Crippen molar-refractivity contribution in [2.24, 2.45) is 23.5 Å². The van der Waals surface area contributed by atoms with E-state index < -0.39 is 90.0 Å². The highest BCUT2D eigenvalue weighted by molar-refractivity contribution is 5.99. The highest BCUT2D eigenvalue weighted by atomic mass is 16.4. The van der Waals surface area contributed by atoms with E-state index in [0.717, 1.165) is 10.9 Å². The lowest BCUT2D eigenvalue weighted by molar-refractivity contribution is -0.142. The van der Waals surface area contributed by atoms with Crippen LogP contribution in [0.5, 0.6) is 0 Å². The lowest BCUT2D eigenvalue weighted by Gasteiger charge is -2.31. The summed E-state index contributed by atoms with van der Waals surface area (Å²) >= 11 is 0. The Morgan fingerprint density at radius 2 is 1.20 bits per heavy atom. The maximum absolute atomic E-state index is 14.2. The minimum absolute atomic E-state index is 0.00222. The number of carboxylic acid groups (broad SMARTS) is 1. The van der Waals surface area contributed by atoms with Gasteiger partial charge in [0.25, 0.3) is 0 Å². The Morgan fingerprint density at radius 3 is 1.78 bits per heavy atom. The van der Waals surface area contributed by atoms with Gasteiger partial charge in [0.2, 0.25) is 35.4 Å². The molecule has 7 atom stereocenters. The Labute approximate surface area is 316 Å². The van der Waals surface area contributed by atoms with E-state index in [2.05, 4.69) is 36.9 Å². The summed E-state index contributed by atoms with van der Waals surface area (Å²) in [6, 6.07) is -0.129. The molecule has 10 N–H and O–H groups in total. The topological polar surface area (TPSA) is 254 Å². The molecule has 3 rings (SSSR count). The fraction of sp³-hybridized carbons (Fsp3) is 0.605. The van der Waals surface area contributed by atoms with Gasteiger partial charge in [-0.25, -0.2) is 0 Å². The molecule has 16 heteroatoms. The van der Waals surface area contributed by atoms with Crippen LogP contribution >= 0.6 is 0 Å². The molecule has 1 saturated heterocycles. The van der Waals surface area contributed by atoms with Crippen molar-refractivity contribution in [3.05, 3.63) is 36.0 Å². The third-order valence-corrected chi connectivity index (χ3v) is 9.55. The van der Waals surface area contributed by atoms with Crippen molar-refractivity contribution in [3.63, 3.8) is 0 Å². The first-order chi connectivity index (χ1) is 25.5. The van der Waals surface area contributed by atoms with Crippen LogP contribution in [0.3, 0.4) is 0 Å². The molecular formula is C38H58N8O8. The number of H-pyrrole nitrogens is 1. The lowest BCUT2D eigenvalue weighted by atomic mass is 9.95. The smallest absolute Gasteiger partial charge is 0.305 e. The van der Waals surface area contributed by atoms with E-state index in [4.69, 9.17) is 5.73 Å². The molecule has 2 aromatic rings. The number of rotatable bonds is 13. The molecule has 0 bridgehead atoms. The summed E-state index contributed by atoms with van der Waals surface area (Å²) in [7, 11) is 0. The van der Waals surface area contributed by atoms with Crippen LogP contribution < -0.4 is 37.6 Å². The molecule has 2 heterocycles. The average Bonchev–Trinajstić information content (AvgIpc) is 3.51. The second kappa shape index (κ2) is 20.5. The van der Waals surface area contributed by atoms with E-state index >= 15 is 0 Å². The van der Waals surface area contributed by atoms with Crippen molar-refractivity contribution in [1.82, 2.24) is 36.9 Å². The van der Waals surface area contributed by atoms with Crippen molar-refractivity contribution in [1.29, 1.82) is 0 Å². The number of carbonyl (C=O) groups is 7. The monoisotopic (exact) mass is 754 g/mol. The van der Waals surface area contributed by atoms with Crippen LogP contribution in [0.4, 0.5) is 0 Å². The number of aliphatic carboxylic acids is 1. The second-order valence-electron chi connectivity index (χ2n) is 15.0. The van der Waals surface area contributed by atoms with Gasteiger partial charge in [-0.2, -0.15) is 0 Å². The number of fused-ring (bicyclic) bond motifs is 1. The maximum Gasteiger partial charge on any atom is 0.305 e. The van der Waals surface area contributed by atoms with Crippen LogP contribution in [0.2, 0.25) is 0 Å². The number of carbonyl (C=O) groups excluding carboxylic acids is 6. The summed E-state index contributed by atoms with van der Waals surface area (Å²) in [6.07, 6.45) is 2.05. The van der Waals surface area contributed by atoms with Gasteiger partial charge >= 0.3 is 5.97 Å². The van der Waals surface area contributed by atoms with E-state index in [-0.39, 0.29) is 50.5 Å². The van der Waals surface area contributed by atoms with E-state index in [1.165, 1.54) is 0 Å². The molecule has 0 radical (unpaired) electrons. The first kappa shape index (κ1) is 43.4. The molecule has 298 valence electrons. The largest absolute Gasteiger partial charge is 0.481 e. The molecule has 1 aliphatic heterocycles. The summed E-state index contributed by atoms with van der Waals surface area (Å²) < 4.78 is 0. The Kier molecular flexibility index (Phi) is 16.5. The fourth-order valence-electron chi connectivity index (χ4n) is 6.42. The minimum Gasteiger partial charge on any atom is -0.481 e. The van der Waals surface area contributed by atoms with Gasteiger partial charge in [-0.3, -0.25) is 33.6 Å². The number of benzene rings is 1. The van der Waals surface area contributed by atoms with E-state index in [1.54, 1.807) is 20.0 Å².